The van der Waals surface area contributed by atoms with E-state index in [0.717, 1.165) is 9.99 Å². The normalized spacial score (nSPS) is 10.1. The first-order chi connectivity index (χ1) is 6.16. The molecule has 5 heteroatoms. The van der Waals surface area contributed by atoms with Crippen LogP contribution in [0.15, 0.2) is 5.38 Å². The van der Waals surface area contributed by atoms with Crippen molar-refractivity contribution >= 4 is 51.4 Å². The summed E-state index contributed by atoms with van der Waals surface area (Å²) in [5, 5.41) is 5.25. The molecule has 2 nitrogen and oxygen atoms in total. The van der Waals surface area contributed by atoms with Crippen LogP contribution in [0.5, 0.6) is 0 Å². The smallest absolute Gasteiger partial charge is 0.262 e. The molecule has 1 aromatic heterocycles. The van der Waals surface area contributed by atoms with E-state index in [1.807, 2.05) is 12.3 Å². The number of rotatable bonds is 3. The number of thiophene rings is 1. The summed E-state index contributed by atoms with van der Waals surface area (Å²) in [4.78, 5) is 12.1. The van der Waals surface area contributed by atoms with Crippen LogP contribution in [-0.2, 0) is 0 Å². The lowest BCUT2D eigenvalue weighted by molar-refractivity contribution is 0.0960. The highest BCUT2D eigenvalue weighted by Crippen LogP contribution is 2.26. The summed E-state index contributed by atoms with van der Waals surface area (Å²) in [7, 11) is 0. The van der Waals surface area contributed by atoms with Gasteiger partial charge in [0.05, 0.1) is 5.02 Å². The number of nitrogens with one attached hydrogen (secondary N) is 1. The minimum absolute atomic E-state index is 0.0697. The van der Waals surface area contributed by atoms with Gasteiger partial charge < -0.3 is 5.32 Å². The number of halogens is 2. The molecular formula is C8H9ClINOS. The van der Waals surface area contributed by atoms with Crippen molar-refractivity contribution in [2.75, 3.05) is 11.0 Å². The van der Waals surface area contributed by atoms with Crippen LogP contribution < -0.4 is 5.32 Å². The Labute approximate surface area is 99.8 Å². The van der Waals surface area contributed by atoms with Crippen molar-refractivity contribution in [1.82, 2.24) is 5.32 Å². The van der Waals surface area contributed by atoms with Crippen molar-refractivity contribution in [3.63, 3.8) is 0 Å². The molecule has 0 saturated heterocycles. The number of hydrogen-bond donors (Lipinski definition) is 1. The largest absolute Gasteiger partial charge is 0.351 e. The number of alkyl halides is 1. The summed E-state index contributed by atoms with van der Waals surface area (Å²) in [6, 6.07) is 0. The van der Waals surface area contributed by atoms with Gasteiger partial charge in [-0.1, -0.05) is 34.2 Å². The van der Waals surface area contributed by atoms with Crippen LogP contribution in [-0.4, -0.2) is 16.9 Å². The van der Waals surface area contributed by atoms with Crippen LogP contribution in [0.25, 0.3) is 0 Å². The molecule has 1 amide bonds. The lowest BCUT2D eigenvalue weighted by atomic mass is 10.3. The van der Waals surface area contributed by atoms with Crippen LogP contribution in [0.4, 0.5) is 0 Å². The molecule has 0 aliphatic carbocycles. The quantitative estimate of drug-likeness (QED) is 0.670. The van der Waals surface area contributed by atoms with Crippen molar-refractivity contribution in [3.05, 3.63) is 20.8 Å². The zero-order chi connectivity index (χ0) is 9.84. The van der Waals surface area contributed by atoms with Crippen LogP contribution in [0.1, 0.15) is 15.2 Å². The molecule has 0 radical (unpaired) electrons. The van der Waals surface area contributed by atoms with Crippen molar-refractivity contribution < 1.29 is 4.79 Å². The van der Waals surface area contributed by atoms with E-state index in [-0.39, 0.29) is 5.91 Å². The number of aryl methyl sites for hydroxylation is 1. The predicted molar refractivity (Wildman–Crippen MR) is 65.3 cm³/mol. The van der Waals surface area contributed by atoms with Crippen LogP contribution in [0, 0.1) is 6.92 Å². The second-order valence-corrected chi connectivity index (χ2v) is 4.84. The van der Waals surface area contributed by atoms with Gasteiger partial charge in [-0.15, -0.1) is 11.3 Å². The molecule has 0 atom stereocenters. The maximum Gasteiger partial charge on any atom is 0.262 e. The topological polar surface area (TPSA) is 29.1 Å². The van der Waals surface area contributed by atoms with E-state index < -0.39 is 0 Å². The molecule has 1 rings (SSSR count). The maximum atomic E-state index is 11.4. The molecular weight excluding hydrogens is 321 g/mol. The monoisotopic (exact) mass is 329 g/mol. The average Bonchev–Trinajstić information content (AvgIpc) is 2.44. The molecule has 1 heterocycles. The zero-order valence-corrected chi connectivity index (χ0v) is 10.8. The third-order valence-electron chi connectivity index (χ3n) is 1.49. The highest BCUT2D eigenvalue weighted by Gasteiger charge is 2.13. The van der Waals surface area contributed by atoms with Gasteiger partial charge in [0.25, 0.3) is 5.91 Å². The molecule has 0 aliphatic rings. The van der Waals surface area contributed by atoms with Crippen LogP contribution >= 0.6 is 45.5 Å². The van der Waals surface area contributed by atoms with Gasteiger partial charge in [0.15, 0.2) is 0 Å². The molecule has 0 aromatic carbocycles. The summed E-state index contributed by atoms with van der Waals surface area (Å²) in [6.07, 6.45) is 0. The Morgan fingerprint density at radius 3 is 2.92 bits per heavy atom. The van der Waals surface area contributed by atoms with Gasteiger partial charge in [-0.2, -0.15) is 0 Å². The first-order valence-corrected chi connectivity index (χ1v) is 6.53. The maximum absolute atomic E-state index is 11.4. The Hall–Kier alpha value is 0.190. The van der Waals surface area contributed by atoms with Crippen LogP contribution in [0.3, 0.4) is 0 Å². The highest BCUT2D eigenvalue weighted by atomic mass is 127. The van der Waals surface area contributed by atoms with Gasteiger partial charge in [-0.25, -0.2) is 0 Å². The minimum atomic E-state index is -0.0697. The van der Waals surface area contributed by atoms with Crippen molar-refractivity contribution in [1.29, 1.82) is 0 Å². The van der Waals surface area contributed by atoms with Gasteiger partial charge in [0, 0.05) is 11.0 Å². The molecule has 72 valence electrons. The van der Waals surface area contributed by atoms with Crippen LogP contribution in [0.2, 0.25) is 5.02 Å². The number of carbonyl (C=O) groups is 1. The van der Waals surface area contributed by atoms with E-state index in [0.29, 0.717) is 16.4 Å². The Balaban J connectivity index is 2.71. The second kappa shape index (κ2) is 5.17. The molecule has 0 unspecified atom stereocenters. The first-order valence-electron chi connectivity index (χ1n) is 3.74. The number of hydrogen-bond acceptors (Lipinski definition) is 2. The summed E-state index contributed by atoms with van der Waals surface area (Å²) in [5.74, 6) is -0.0697. The highest BCUT2D eigenvalue weighted by molar-refractivity contribution is 14.1. The molecule has 0 saturated carbocycles. The summed E-state index contributed by atoms with van der Waals surface area (Å²) < 4.78 is 0.908. The van der Waals surface area contributed by atoms with E-state index in [9.17, 15) is 4.79 Å². The summed E-state index contributed by atoms with van der Waals surface area (Å²) in [6.45, 7) is 2.58. The van der Waals surface area contributed by atoms with Gasteiger partial charge in [-0.3, -0.25) is 4.79 Å². The molecule has 13 heavy (non-hydrogen) atoms. The SMILES string of the molecule is Cc1csc(C(=O)NCCI)c1Cl. The standard InChI is InChI=1S/C8H9ClINOS/c1-5-4-13-7(6(5)9)8(12)11-3-2-10/h4H,2-3H2,1H3,(H,11,12). The summed E-state index contributed by atoms with van der Waals surface area (Å²) >= 11 is 9.53. The second-order valence-electron chi connectivity index (χ2n) is 2.51. The van der Waals surface area contributed by atoms with Gasteiger partial charge in [0.1, 0.15) is 4.88 Å². The minimum Gasteiger partial charge on any atom is -0.351 e. The first kappa shape index (κ1) is 11.3. The third-order valence-corrected chi connectivity index (χ3v) is 3.72. The average molecular weight is 330 g/mol. The predicted octanol–water partition coefficient (Wildman–Crippen LogP) is 2.87. The molecule has 1 N–H and O–H groups in total. The Morgan fingerprint density at radius 2 is 2.46 bits per heavy atom. The van der Waals surface area contributed by atoms with Gasteiger partial charge in [-0.05, 0) is 17.9 Å². The van der Waals surface area contributed by atoms with Crippen molar-refractivity contribution in [3.8, 4) is 0 Å². The Morgan fingerprint density at radius 1 is 1.77 bits per heavy atom. The Bertz CT molecular complexity index is 313. The van der Waals surface area contributed by atoms with E-state index in [1.54, 1.807) is 0 Å². The number of carbonyl (C=O) groups excluding carboxylic acids is 1. The molecule has 0 aliphatic heterocycles. The molecule has 0 fully saturated rings. The fourth-order valence-corrected chi connectivity index (χ4v) is 2.29. The molecule has 0 bridgehead atoms. The number of amides is 1. The Kier molecular flexibility index (Phi) is 4.48. The third kappa shape index (κ3) is 2.82. The lowest BCUT2D eigenvalue weighted by Gasteiger charge is -2.00. The van der Waals surface area contributed by atoms with Crippen molar-refractivity contribution in [2.45, 2.75) is 6.92 Å². The van der Waals surface area contributed by atoms with Crippen molar-refractivity contribution in [2.24, 2.45) is 0 Å². The molecule has 1 aromatic rings. The van der Waals surface area contributed by atoms with Gasteiger partial charge >= 0.3 is 0 Å². The van der Waals surface area contributed by atoms with E-state index in [2.05, 4.69) is 27.9 Å². The zero-order valence-electron chi connectivity index (χ0n) is 7.06. The lowest BCUT2D eigenvalue weighted by Crippen LogP contribution is -2.24. The van der Waals surface area contributed by atoms with Gasteiger partial charge in [0.2, 0.25) is 0 Å². The van der Waals surface area contributed by atoms with E-state index >= 15 is 0 Å². The fourth-order valence-electron chi connectivity index (χ4n) is 0.824. The van der Waals surface area contributed by atoms with E-state index in [4.69, 9.17) is 11.6 Å². The fraction of sp³-hybridized carbons (Fsp3) is 0.375. The molecule has 0 spiro atoms. The van der Waals surface area contributed by atoms with E-state index in [1.165, 1.54) is 11.3 Å². The summed E-state index contributed by atoms with van der Waals surface area (Å²) in [5.41, 5.74) is 0.964.